The third-order valence-electron chi connectivity index (χ3n) is 1.38. The number of hydrogen-bond acceptors (Lipinski definition) is 7. The standard InChI is InChI=1S/C7H5N3O2S3/c1-3-9-10-7(14-3)15-6-8-4(2-13-6)5(11)12/h2H,1H3,(H,11,12). The Balaban J connectivity index is 2.14. The van der Waals surface area contributed by atoms with Crippen LogP contribution in [0.15, 0.2) is 14.1 Å². The number of carbonyl (C=O) groups is 1. The molecular formula is C7H5N3O2S3. The summed E-state index contributed by atoms with van der Waals surface area (Å²) in [5.74, 6) is -1.01. The molecule has 0 radical (unpaired) electrons. The molecule has 0 fully saturated rings. The van der Waals surface area contributed by atoms with Gasteiger partial charge in [-0.1, -0.05) is 11.3 Å². The van der Waals surface area contributed by atoms with Crippen molar-refractivity contribution in [2.45, 2.75) is 15.6 Å². The Morgan fingerprint density at radius 3 is 2.80 bits per heavy atom. The Morgan fingerprint density at radius 1 is 1.47 bits per heavy atom. The number of aryl methyl sites for hydroxylation is 1. The molecule has 2 rings (SSSR count). The first kappa shape index (κ1) is 10.5. The first-order chi connectivity index (χ1) is 7.15. The number of carboxylic acid groups (broad SMARTS) is 1. The summed E-state index contributed by atoms with van der Waals surface area (Å²) in [6, 6.07) is 0. The summed E-state index contributed by atoms with van der Waals surface area (Å²) in [5, 5.41) is 18.9. The van der Waals surface area contributed by atoms with Gasteiger partial charge in [0.1, 0.15) is 5.01 Å². The highest BCUT2D eigenvalue weighted by Crippen LogP contribution is 2.31. The molecule has 0 bridgehead atoms. The first-order valence-electron chi connectivity index (χ1n) is 3.82. The molecule has 5 nitrogen and oxygen atoms in total. The molecule has 0 atom stereocenters. The van der Waals surface area contributed by atoms with Crippen LogP contribution < -0.4 is 0 Å². The van der Waals surface area contributed by atoms with Gasteiger partial charge in [0.25, 0.3) is 0 Å². The number of carboxylic acids is 1. The topological polar surface area (TPSA) is 76.0 Å². The summed E-state index contributed by atoms with van der Waals surface area (Å²) in [5.41, 5.74) is 0.0729. The van der Waals surface area contributed by atoms with Gasteiger partial charge in [-0.05, 0) is 18.7 Å². The summed E-state index contributed by atoms with van der Waals surface area (Å²) in [4.78, 5) is 14.5. The van der Waals surface area contributed by atoms with Crippen molar-refractivity contribution >= 4 is 40.4 Å². The normalized spacial score (nSPS) is 10.5. The molecule has 0 unspecified atom stereocenters. The van der Waals surface area contributed by atoms with E-state index in [9.17, 15) is 4.79 Å². The van der Waals surface area contributed by atoms with E-state index in [1.54, 1.807) is 0 Å². The van der Waals surface area contributed by atoms with Crippen LogP contribution in [0.5, 0.6) is 0 Å². The maximum Gasteiger partial charge on any atom is 0.355 e. The fourth-order valence-electron chi connectivity index (χ4n) is 0.797. The molecule has 0 spiro atoms. The van der Waals surface area contributed by atoms with E-state index in [0.29, 0.717) is 4.34 Å². The zero-order valence-electron chi connectivity index (χ0n) is 7.50. The maximum atomic E-state index is 10.6. The van der Waals surface area contributed by atoms with Crippen LogP contribution >= 0.6 is 34.4 Å². The highest BCUT2D eigenvalue weighted by molar-refractivity contribution is 8.02. The zero-order chi connectivity index (χ0) is 10.8. The molecular weight excluding hydrogens is 254 g/mol. The average molecular weight is 259 g/mol. The highest BCUT2D eigenvalue weighted by atomic mass is 32.2. The van der Waals surface area contributed by atoms with Crippen LogP contribution in [0.3, 0.4) is 0 Å². The van der Waals surface area contributed by atoms with Gasteiger partial charge in [0.15, 0.2) is 14.4 Å². The van der Waals surface area contributed by atoms with Crippen LogP contribution in [0.1, 0.15) is 15.5 Å². The Kier molecular flexibility index (Phi) is 2.98. The number of aromatic nitrogens is 3. The van der Waals surface area contributed by atoms with E-state index in [1.807, 2.05) is 6.92 Å². The van der Waals surface area contributed by atoms with Crippen LogP contribution in [0.25, 0.3) is 0 Å². The summed E-state index contributed by atoms with van der Waals surface area (Å²) in [6.45, 7) is 1.87. The molecule has 0 saturated carbocycles. The van der Waals surface area contributed by atoms with Gasteiger partial charge >= 0.3 is 5.97 Å². The molecule has 0 amide bonds. The van der Waals surface area contributed by atoms with Gasteiger partial charge in [0.05, 0.1) is 0 Å². The van der Waals surface area contributed by atoms with Crippen molar-refractivity contribution in [2.24, 2.45) is 0 Å². The van der Waals surface area contributed by atoms with E-state index in [4.69, 9.17) is 5.11 Å². The third kappa shape index (κ3) is 2.52. The predicted molar refractivity (Wildman–Crippen MR) is 57.8 cm³/mol. The fourth-order valence-corrected chi connectivity index (χ4v) is 3.60. The van der Waals surface area contributed by atoms with E-state index in [1.165, 1.54) is 39.8 Å². The summed E-state index contributed by atoms with van der Waals surface area (Å²) < 4.78 is 1.45. The lowest BCUT2D eigenvalue weighted by Gasteiger charge is -1.87. The van der Waals surface area contributed by atoms with Crippen molar-refractivity contribution in [2.75, 3.05) is 0 Å². The van der Waals surface area contributed by atoms with Crippen LogP contribution in [-0.4, -0.2) is 26.3 Å². The van der Waals surface area contributed by atoms with Crippen molar-refractivity contribution in [1.82, 2.24) is 15.2 Å². The zero-order valence-corrected chi connectivity index (χ0v) is 9.95. The molecule has 0 saturated heterocycles. The van der Waals surface area contributed by atoms with Crippen LogP contribution in [-0.2, 0) is 0 Å². The van der Waals surface area contributed by atoms with E-state index < -0.39 is 5.97 Å². The lowest BCUT2D eigenvalue weighted by Crippen LogP contribution is -1.95. The summed E-state index contributed by atoms with van der Waals surface area (Å²) >= 11 is 4.09. The number of rotatable bonds is 3. The maximum absolute atomic E-state index is 10.6. The Labute approximate surface area is 97.2 Å². The fraction of sp³-hybridized carbons (Fsp3) is 0.143. The van der Waals surface area contributed by atoms with Crippen molar-refractivity contribution in [3.63, 3.8) is 0 Å². The summed E-state index contributed by atoms with van der Waals surface area (Å²) in [6.07, 6.45) is 0. The second kappa shape index (κ2) is 4.25. The van der Waals surface area contributed by atoms with Crippen molar-refractivity contribution < 1.29 is 9.90 Å². The first-order valence-corrected chi connectivity index (χ1v) is 6.33. The smallest absolute Gasteiger partial charge is 0.355 e. The van der Waals surface area contributed by atoms with Gasteiger partial charge in [-0.3, -0.25) is 0 Å². The molecule has 2 aromatic rings. The molecule has 0 aliphatic rings. The minimum absolute atomic E-state index is 0.0729. The van der Waals surface area contributed by atoms with Crippen molar-refractivity contribution in [1.29, 1.82) is 0 Å². The van der Waals surface area contributed by atoms with Crippen LogP contribution in [0, 0.1) is 6.92 Å². The van der Waals surface area contributed by atoms with Gasteiger partial charge in [-0.25, -0.2) is 9.78 Å². The number of nitrogens with zero attached hydrogens (tertiary/aromatic N) is 3. The minimum atomic E-state index is -1.01. The van der Waals surface area contributed by atoms with Crippen LogP contribution in [0.2, 0.25) is 0 Å². The molecule has 78 valence electrons. The van der Waals surface area contributed by atoms with Crippen LogP contribution in [0.4, 0.5) is 0 Å². The van der Waals surface area contributed by atoms with Gasteiger partial charge in [0, 0.05) is 5.38 Å². The lowest BCUT2D eigenvalue weighted by atomic mass is 10.5. The average Bonchev–Trinajstić information content (AvgIpc) is 2.76. The van der Waals surface area contributed by atoms with E-state index in [0.717, 1.165) is 9.35 Å². The van der Waals surface area contributed by atoms with Crippen molar-refractivity contribution in [3.8, 4) is 0 Å². The monoisotopic (exact) mass is 259 g/mol. The molecule has 0 aliphatic carbocycles. The van der Waals surface area contributed by atoms with E-state index in [2.05, 4.69) is 15.2 Å². The van der Waals surface area contributed by atoms with E-state index in [-0.39, 0.29) is 5.69 Å². The second-order valence-corrected chi connectivity index (χ2v) is 6.03. The second-order valence-electron chi connectivity index (χ2n) is 2.49. The third-order valence-corrected chi connectivity index (χ3v) is 4.21. The Hall–Kier alpha value is -0.990. The number of aromatic carboxylic acids is 1. The molecule has 2 heterocycles. The van der Waals surface area contributed by atoms with Gasteiger partial charge in [0.2, 0.25) is 0 Å². The van der Waals surface area contributed by atoms with Crippen molar-refractivity contribution in [3.05, 3.63) is 16.1 Å². The quantitative estimate of drug-likeness (QED) is 0.910. The molecule has 0 aromatic carbocycles. The number of hydrogen-bond donors (Lipinski definition) is 1. The van der Waals surface area contributed by atoms with Gasteiger partial charge < -0.3 is 5.11 Å². The number of thiazole rings is 1. The predicted octanol–water partition coefficient (Wildman–Crippen LogP) is 2.15. The molecule has 0 aliphatic heterocycles. The largest absolute Gasteiger partial charge is 0.476 e. The van der Waals surface area contributed by atoms with Gasteiger partial charge in [-0.2, -0.15) is 0 Å². The Bertz CT molecular complexity index is 493. The SMILES string of the molecule is Cc1nnc(Sc2nc(C(=O)O)cs2)s1. The molecule has 2 aromatic heterocycles. The molecule has 1 N–H and O–H groups in total. The minimum Gasteiger partial charge on any atom is -0.476 e. The summed E-state index contributed by atoms with van der Waals surface area (Å²) in [7, 11) is 0. The van der Waals surface area contributed by atoms with Gasteiger partial charge in [-0.15, -0.1) is 21.5 Å². The van der Waals surface area contributed by atoms with E-state index >= 15 is 0 Å². The molecule has 15 heavy (non-hydrogen) atoms. The highest BCUT2D eigenvalue weighted by Gasteiger charge is 2.11. The Morgan fingerprint density at radius 2 is 2.27 bits per heavy atom. The molecule has 8 heteroatoms. The lowest BCUT2D eigenvalue weighted by molar-refractivity contribution is 0.0691.